The number of carbonyl (C=O) groups is 1. The third-order valence-electron chi connectivity index (χ3n) is 6.53. The Labute approximate surface area is 207 Å². The van der Waals surface area contributed by atoms with Crippen molar-refractivity contribution in [2.75, 3.05) is 5.32 Å². The van der Waals surface area contributed by atoms with E-state index in [-0.39, 0.29) is 11.2 Å². The SMILES string of the molecule is CCC(Sc1nnc2cc(C)c3cc(C)cc(C)c3n12)C(=O)Nc1sc2c(c1C#N)CCCC2. The molecule has 0 radical (unpaired) electrons. The lowest BCUT2D eigenvalue weighted by atomic mass is 9.96. The number of nitrogens with one attached hydrogen (secondary N) is 1. The van der Waals surface area contributed by atoms with Gasteiger partial charge in [-0.05, 0) is 81.7 Å². The van der Waals surface area contributed by atoms with Crippen LogP contribution in [0.15, 0.2) is 23.4 Å². The molecule has 3 heterocycles. The first-order chi connectivity index (χ1) is 16.4. The summed E-state index contributed by atoms with van der Waals surface area (Å²) >= 11 is 3.00. The fourth-order valence-corrected chi connectivity index (χ4v) is 7.11. The van der Waals surface area contributed by atoms with Crippen molar-refractivity contribution < 1.29 is 4.79 Å². The van der Waals surface area contributed by atoms with E-state index in [2.05, 4.69) is 65.0 Å². The molecule has 0 spiro atoms. The molecule has 5 rings (SSSR count). The van der Waals surface area contributed by atoms with Crippen molar-refractivity contribution >= 4 is 50.6 Å². The third-order valence-corrected chi connectivity index (χ3v) is 9.04. The van der Waals surface area contributed by atoms with E-state index in [1.54, 1.807) is 11.3 Å². The van der Waals surface area contributed by atoms with Crippen molar-refractivity contribution in [2.24, 2.45) is 0 Å². The van der Waals surface area contributed by atoms with E-state index in [0.717, 1.165) is 53.5 Å². The quantitative estimate of drug-likeness (QED) is 0.341. The van der Waals surface area contributed by atoms with Gasteiger partial charge in [0.25, 0.3) is 0 Å². The minimum Gasteiger partial charge on any atom is -0.316 e. The van der Waals surface area contributed by atoms with Crippen LogP contribution in [0, 0.1) is 32.1 Å². The first kappa shape index (κ1) is 22.9. The molecular formula is C26H27N5OS2. The highest BCUT2D eigenvalue weighted by molar-refractivity contribution is 8.00. The van der Waals surface area contributed by atoms with Crippen molar-refractivity contribution in [3.63, 3.8) is 0 Å². The number of anilines is 1. The van der Waals surface area contributed by atoms with Gasteiger partial charge in [-0.25, -0.2) is 0 Å². The fraction of sp³-hybridized carbons (Fsp3) is 0.385. The number of nitriles is 1. The van der Waals surface area contributed by atoms with E-state index in [1.807, 2.05) is 6.92 Å². The molecule has 34 heavy (non-hydrogen) atoms. The molecule has 0 saturated carbocycles. The first-order valence-electron chi connectivity index (χ1n) is 11.7. The summed E-state index contributed by atoms with van der Waals surface area (Å²) in [5, 5.41) is 23.9. The van der Waals surface area contributed by atoms with Gasteiger partial charge in [0, 0.05) is 10.3 Å². The maximum atomic E-state index is 13.3. The van der Waals surface area contributed by atoms with Crippen molar-refractivity contribution in [3.8, 4) is 6.07 Å². The van der Waals surface area contributed by atoms with Crippen molar-refractivity contribution in [1.29, 1.82) is 5.26 Å². The maximum Gasteiger partial charge on any atom is 0.238 e. The Morgan fingerprint density at radius 2 is 2.00 bits per heavy atom. The average Bonchev–Trinajstić information content (AvgIpc) is 3.37. The highest BCUT2D eigenvalue weighted by atomic mass is 32.2. The van der Waals surface area contributed by atoms with Gasteiger partial charge >= 0.3 is 0 Å². The zero-order valence-electron chi connectivity index (χ0n) is 19.9. The summed E-state index contributed by atoms with van der Waals surface area (Å²) in [7, 11) is 0. The number of benzene rings is 1. The average molecular weight is 490 g/mol. The zero-order valence-corrected chi connectivity index (χ0v) is 21.5. The lowest BCUT2D eigenvalue weighted by Gasteiger charge is -2.15. The predicted octanol–water partition coefficient (Wildman–Crippen LogP) is 6.13. The molecular weight excluding hydrogens is 462 g/mol. The van der Waals surface area contributed by atoms with Crippen LogP contribution in [0.25, 0.3) is 16.6 Å². The molecule has 1 unspecified atom stereocenters. The summed E-state index contributed by atoms with van der Waals surface area (Å²) in [6.07, 6.45) is 4.80. The van der Waals surface area contributed by atoms with Crippen LogP contribution < -0.4 is 5.32 Å². The number of thiophene rings is 1. The summed E-state index contributed by atoms with van der Waals surface area (Å²) in [6, 6.07) is 8.74. The van der Waals surface area contributed by atoms with Crippen molar-refractivity contribution in [2.45, 2.75) is 70.2 Å². The van der Waals surface area contributed by atoms with Gasteiger partial charge < -0.3 is 5.32 Å². The van der Waals surface area contributed by atoms with Gasteiger partial charge in [-0.3, -0.25) is 9.20 Å². The highest BCUT2D eigenvalue weighted by Crippen LogP contribution is 2.38. The van der Waals surface area contributed by atoms with Gasteiger partial charge in [-0.1, -0.05) is 30.3 Å². The van der Waals surface area contributed by atoms with Crippen LogP contribution in [0.1, 0.15) is 58.9 Å². The summed E-state index contributed by atoms with van der Waals surface area (Å²) in [6.45, 7) is 8.31. The smallest absolute Gasteiger partial charge is 0.238 e. The number of thioether (sulfide) groups is 1. The molecule has 1 aromatic carbocycles. The molecule has 0 aliphatic heterocycles. The minimum atomic E-state index is -0.347. The monoisotopic (exact) mass is 489 g/mol. The Bertz CT molecular complexity index is 1480. The van der Waals surface area contributed by atoms with Gasteiger partial charge in [0.2, 0.25) is 5.91 Å². The van der Waals surface area contributed by atoms with Crippen LogP contribution in [0.2, 0.25) is 0 Å². The van der Waals surface area contributed by atoms with Gasteiger partial charge in [0.15, 0.2) is 10.8 Å². The number of fused-ring (bicyclic) bond motifs is 4. The summed E-state index contributed by atoms with van der Waals surface area (Å²) < 4.78 is 2.07. The van der Waals surface area contributed by atoms with E-state index in [9.17, 15) is 10.1 Å². The van der Waals surface area contributed by atoms with Crippen LogP contribution in [0.5, 0.6) is 0 Å². The number of aromatic nitrogens is 3. The van der Waals surface area contributed by atoms with Crippen LogP contribution in [0.3, 0.4) is 0 Å². The van der Waals surface area contributed by atoms with E-state index >= 15 is 0 Å². The number of hydrogen-bond donors (Lipinski definition) is 1. The molecule has 1 amide bonds. The maximum absolute atomic E-state index is 13.3. The minimum absolute atomic E-state index is 0.0941. The number of hydrogen-bond acceptors (Lipinski definition) is 6. The van der Waals surface area contributed by atoms with Crippen molar-refractivity contribution in [3.05, 3.63) is 50.9 Å². The fourth-order valence-electron chi connectivity index (χ4n) is 4.90. The molecule has 1 aliphatic rings. The molecule has 0 bridgehead atoms. The van der Waals surface area contributed by atoms with E-state index in [4.69, 9.17) is 0 Å². The molecule has 174 valence electrons. The van der Waals surface area contributed by atoms with Crippen LogP contribution in [-0.2, 0) is 17.6 Å². The van der Waals surface area contributed by atoms with E-state index in [1.165, 1.54) is 27.6 Å². The Balaban J connectivity index is 1.49. The van der Waals surface area contributed by atoms with E-state index < -0.39 is 0 Å². The molecule has 8 heteroatoms. The van der Waals surface area contributed by atoms with Gasteiger partial charge in [-0.2, -0.15) is 5.26 Å². The Morgan fingerprint density at radius 1 is 1.21 bits per heavy atom. The molecule has 6 nitrogen and oxygen atoms in total. The summed E-state index contributed by atoms with van der Waals surface area (Å²) in [5.74, 6) is -0.0941. The predicted molar refractivity (Wildman–Crippen MR) is 139 cm³/mol. The second kappa shape index (κ2) is 9.05. The lowest BCUT2D eigenvalue weighted by Crippen LogP contribution is -2.24. The topological polar surface area (TPSA) is 83.1 Å². The Kier molecular flexibility index (Phi) is 6.09. The van der Waals surface area contributed by atoms with E-state index in [0.29, 0.717) is 22.1 Å². The number of amides is 1. The molecule has 3 aromatic heterocycles. The highest BCUT2D eigenvalue weighted by Gasteiger charge is 2.26. The molecule has 0 saturated heterocycles. The van der Waals surface area contributed by atoms with Crippen LogP contribution in [-0.4, -0.2) is 25.8 Å². The summed E-state index contributed by atoms with van der Waals surface area (Å²) in [4.78, 5) is 14.6. The molecule has 1 N–H and O–H groups in total. The van der Waals surface area contributed by atoms with Gasteiger partial charge in [-0.15, -0.1) is 21.5 Å². The number of carbonyl (C=O) groups excluding carboxylic acids is 1. The number of aryl methyl sites for hydroxylation is 4. The zero-order chi connectivity index (χ0) is 24.0. The molecule has 0 fully saturated rings. The number of rotatable bonds is 5. The van der Waals surface area contributed by atoms with Crippen LogP contribution >= 0.6 is 23.1 Å². The number of pyridine rings is 1. The Hall–Kier alpha value is -2.89. The number of nitrogens with zero attached hydrogens (tertiary/aromatic N) is 4. The van der Waals surface area contributed by atoms with Gasteiger partial charge in [0.1, 0.15) is 11.1 Å². The van der Waals surface area contributed by atoms with Crippen LogP contribution in [0.4, 0.5) is 5.00 Å². The molecule has 1 atom stereocenters. The lowest BCUT2D eigenvalue weighted by molar-refractivity contribution is -0.115. The molecule has 4 aromatic rings. The largest absolute Gasteiger partial charge is 0.316 e. The summed E-state index contributed by atoms with van der Waals surface area (Å²) in [5.41, 5.74) is 7.18. The third kappa shape index (κ3) is 3.87. The standard InChI is InChI=1S/C26H27N5OS2/c1-5-20(24(32)28-25-19(13-27)17-8-6-7-9-21(17)33-25)34-26-30-29-22-12-15(3)18-11-14(2)10-16(4)23(18)31(22)26/h10-12,20H,5-9H2,1-4H3,(H,28,32). The second-order valence-electron chi connectivity index (χ2n) is 9.01. The van der Waals surface area contributed by atoms with Gasteiger partial charge in [0.05, 0.1) is 16.3 Å². The normalized spacial score (nSPS) is 14.2. The Morgan fingerprint density at radius 3 is 2.76 bits per heavy atom. The second-order valence-corrected chi connectivity index (χ2v) is 11.3. The van der Waals surface area contributed by atoms with Crippen molar-refractivity contribution in [1.82, 2.24) is 14.6 Å². The first-order valence-corrected chi connectivity index (χ1v) is 13.4. The molecule has 1 aliphatic carbocycles.